The van der Waals surface area contributed by atoms with E-state index in [9.17, 15) is 0 Å². The quantitative estimate of drug-likeness (QED) is 0.882. The van der Waals surface area contributed by atoms with Gasteiger partial charge in [0.05, 0.1) is 11.6 Å². The SMILES string of the molecule is CC(C)CCC(C)Nc1ncnc2c1cnn2C. The third-order valence-electron chi connectivity index (χ3n) is 3.09. The topological polar surface area (TPSA) is 55.6 Å². The molecule has 0 aliphatic heterocycles. The van der Waals surface area contributed by atoms with Crippen LogP contribution in [0.5, 0.6) is 0 Å². The Kier molecular flexibility index (Phi) is 3.79. The summed E-state index contributed by atoms with van der Waals surface area (Å²) in [5, 5.41) is 8.64. The van der Waals surface area contributed by atoms with Gasteiger partial charge in [-0.25, -0.2) is 9.97 Å². The molecule has 0 amide bonds. The van der Waals surface area contributed by atoms with E-state index >= 15 is 0 Å². The van der Waals surface area contributed by atoms with Crippen molar-refractivity contribution in [3.05, 3.63) is 12.5 Å². The number of fused-ring (bicyclic) bond motifs is 1. The van der Waals surface area contributed by atoms with Crippen LogP contribution in [0.15, 0.2) is 12.5 Å². The van der Waals surface area contributed by atoms with Gasteiger partial charge in [-0.15, -0.1) is 0 Å². The van der Waals surface area contributed by atoms with Crippen LogP contribution >= 0.6 is 0 Å². The first kappa shape index (κ1) is 12.8. The van der Waals surface area contributed by atoms with Crippen LogP contribution in [0.4, 0.5) is 5.82 Å². The fourth-order valence-corrected chi connectivity index (χ4v) is 1.97. The summed E-state index contributed by atoms with van der Waals surface area (Å²) in [6.45, 7) is 6.68. The summed E-state index contributed by atoms with van der Waals surface area (Å²) in [5.41, 5.74) is 0.864. The molecule has 2 aromatic heterocycles. The third-order valence-corrected chi connectivity index (χ3v) is 3.09. The van der Waals surface area contributed by atoms with E-state index in [2.05, 4.69) is 41.2 Å². The first-order chi connectivity index (χ1) is 8.58. The average molecular weight is 247 g/mol. The Hall–Kier alpha value is -1.65. The van der Waals surface area contributed by atoms with E-state index in [1.54, 1.807) is 11.0 Å². The average Bonchev–Trinajstić information content (AvgIpc) is 2.70. The summed E-state index contributed by atoms with van der Waals surface area (Å²) in [5.74, 6) is 1.61. The molecule has 0 fully saturated rings. The molecule has 2 aromatic rings. The van der Waals surface area contributed by atoms with E-state index < -0.39 is 0 Å². The van der Waals surface area contributed by atoms with Crippen molar-refractivity contribution in [2.45, 2.75) is 39.7 Å². The smallest absolute Gasteiger partial charge is 0.163 e. The van der Waals surface area contributed by atoms with Crippen molar-refractivity contribution in [1.82, 2.24) is 19.7 Å². The molecule has 0 bridgehead atoms. The van der Waals surface area contributed by atoms with Gasteiger partial charge in [-0.2, -0.15) is 5.10 Å². The monoisotopic (exact) mass is 247 g/mol. The van der Waals surface area contributed by atoms with Crippen LogP contribution in [0.3, 0.4) is 0 Å². The maximum Gasteiger partial charge on any atom is 0.163 e. The summed E-state index contributed by atoms with van der Waals surface area (Å²) in [7, 11) is 1.89. The van der Waals surface area contributed by atoms with Gasteiger partial charge in [0.25, 0.3) is 0 Å². The van der Waals surface area contributed by atoms with Gasteiger partial charge in [0, 0.05) is 13.1 Å². The lowest BCUT2D eigenvalue weighted by Crippen LogP contribution is -2.17. The lowest BCUT2D eigenvalue weighted by atomic mass is 10.0. The van der Waals surface area contributed by atoms with Crippen molar-refractivity contribution in [3.8, 4) is 0 Å². The number of hydrogen-bond donors (Lipinski definition) is 1. The van der Waals surface area contributed by atoms with E-state index in [-0.39, 0.29) is 0 Å². The highest BCUT2D eigenvalue weighted by Crippen LogP contribution is 2.19. The van der Waals surface area contributed by atoms with Crippen LogP contribution in [0, 0.1) is 5.92 Å². The normalized spacial score (nSPS) is 13.2. The van der Waals surface area contributed by atoms with E-state index in [1.165, 1.54) is 6.42 Å². The van der Waals surface area contributed by atoms with Crippen LogP contribution < -0.4 is 5.32 Å². The Morgan fingerprint density at radius 3 is 2.72 bits per heavy atom. The molecule has 2 heterocycles. The third kappa shape index (κ3) is 2.78. The highest BCUT2D eigenvalue weighted by atomic mass is 15.3. The number of nitrogens with one attached hydrogen (secondary N) is 1. The molecule has 1 N–H and O–H groups in total. The van der Waals surface area contributed by atoms with Crippen molar-refractivity contribution in [2.75, 3.05) is 5.32 Å². The summed E-state index contributed by atoms with van der Waals surface area (Å²) in [6, 6.07) is 0.408. The fraction of sp³-hybridized carbons (Fsp3) is 0.615. The zero-order chi connectivity index (χ0) is 13.1. The van der Waals surface area contributed by atoms with Crippen molar-refractivity contribution in [3.63, 3.8) is 0 Å². The van der Waals surface area contributed by atoms with Crippen LogP contribution in [-0.2, 0) is 7.05 Å². The fourth-order valence-electron chi connectivity index (χ4n) is 1.97. The molecule has 0 radical (unpaired) electrons. The summed E-state index contributed by atoms with van der Waals surface area (Å²) >= 11 is 0. The Labute approximate surface area is 108 Å². The van der Waals surface area contributed by atoms with Gasteiger partial charge in [0.1, 0.15) is 12.1 Å². The van der Waals surface area contributed by atoms with E-state index in [4.69, 9.17) is 0 Å². The molecule has 98 valence electrons. The zero-order valence-electron chi connectivity index (χ0n) is 11.5. The predicted octanol–water partition coefficient (Wildman–Crippen LogP) is 2.60. The molecule has 0 aliphatic rings. The molecule has 0 saturated carbocycles. The second kappa shape index (κ2) is 5.33. The van der Waals surface area contributed by atoms with Crippen molar-refractivity contribution in [2.24, 2.45) is 13.0 Å². The molecule has 18 heavy (non-hydrogen) atoms. The lowest BCUT2D eigenvalue weighted by molar-refractivity contribution is 0.527. The minimum atomic E-state index is 0.408. The van der Waals surface area contributed by atoms with E-state index in [0.717, 1.165) is 29.2 Å². The molecule has 1 unspecified atom stereocenters. The zero-order valence-corrected chi connectivity index (χ0v) is 11.5. The molecule has 5 heteroatoms. The Bertz CT molecular complexity index is 517. The van der Waals surface area contributed by atoms with E-state index in [1.807, 2.05) is 13.2 Å². The Balaban J connectivity index is 2.11. The first-order valence-electron chi connectivity index (χ1n) is 6.47. The largest absolute Gasteiger partial charge is 0.367 e. The maximum absolute atomic E-state index is 4.31. The summed E-state index contributed by atoms with van der Waals surface area (Å²) in [6.07, 6.45) is 5.76. The van der Waals surface area contributed by atoms with Crippen LogP contribution in [0.2, 0.25) is 0 Å². The molecular formula is C13H21N5. The van der Waals surface area contributed by atoms with Crippen molar-refractivity contribution >= 4 is 16.9 Å². The minimum absolute atomic E-state index is 0.408. The van der Waals surface area contributed by atoms with Gasteiger partial charge in [-0.05, 0) is 25.7 Å². The first-order valence-corrected chi connectivity index (χ1v) is 6.47. The maximum atomic E-state index is 4.31. The van der Waals surface area contributed by atoms with E-state index in [0.29, 0.717) is 6.04 Å². The molecule has 0 aromatic carbocycles. The molecule has 0 saturated heterocycles. The number of nitrogens with zero attached hydrogens (tertiary/aromatic N) is 4. The standard InChI is InChI=1S/C13H21N5/c1-9(2)5-6-10(3)17-12-11-7-16-18(4)13(11)15-8-14-12/h7-10H,5-6H2,1-4H3,(H,14,15,17). The molecule has 0 spiro atoms. The summed E-state index contributed by atoms with van der Waals surface area (Å²) < 4.78 is 1.76. The van der Waals surface area contributed by atoms with Crippen LogP contribution in [0.1, 0.15) is 33.6 Å². The van der Waals surface area contributed by atoms with Crippen LogP contribution in [-0.4, -0.2) is 25.8 Å². The molecule has 5 nitrogen and oxygen atoms in total. The van der Waals surface area contributed by atoms with Gasteiger partial charge in [-0.1, -0.05) is 13.8 Å². The Morgan fingerprint density at radius 2 is 2.00 bits per heavy atom. The highest BCUT2D eigenvalue weighted by molar-refractivity contribution is 5.86. The number of rotatable bonds is 5. The number of hydrogen-bond acceptors (Lipinski definition) is 4. The second-order valence-corrected chi connectivity index (χ2v) is 5.24. The molecule has 0 aliphatic carbocycles. The number of aromatic nitrogens is 4. The lowest BCUT2D eigenvalue weighted by Gasteiger charge is -2.15. The number of aryl methyl sites for hydroxylation is 1. The second-order valence-electron chi connectivity index (χ2n) is 5.24. The molecule has 2 rings (SSSR count). The van der Waals surface area contributed by atoms with Gasteiger partial charge < -0.3 is 5.32 Å². The highest BCUT2D eigenvalue weighted by Gasteiger charge is 2.10. The van der Waals surface area contributed by atoms with Gasteiger partial charge in [0.15, 0.2) is 5.65 Å². The number of anilines is 1. The molecular weight excluding hydrogens is 226 g/mol. The predicted molar refractivity (Wildman–Crippen MR) is 73.5 cm³/mol. The van der Waals surface area contributed by atoms with Gasteiger partial charge in [-0.3, -0.25) is 4.68 Å². The Morgan fingerprint density at radius 1 is 1.22 bits per heavy atom. The summed E-state index contributed by atoms with van der Waals surface area (Å²) in [4.78, 5) is 8.54. The van der Waals surface area contributed by atoms with Crippen LogP contribution in [0.25, 0.3) is 11.0 Å². The molecule has 1 atom stereocenters. The van der Waals surface area contributed by atoms with Crippen molar-refractivity contribution < 1.29 is 0 Å². The van der Waals surface area contributed by atoms with Gasteiger partial charge in [0.2, 0.25) is 0 Å². The van der Waals surface area contributed by atoms with Crippen molar-refractivity contribution in [1.29, 1.82) is 0 Å². The minimum Gasteiger partial charge on any atom is -0.367 e. The van der Waals surface area contributed by atoms with Gasteiger partial charge >= 0.3 is 0 Å².